The van der Waals surface area contributed by atoms with Crippen molar-refractivity contribution >= 4 is 23.5 Å². The fourth-order valence-corrected chi connectivity index (χ4v) is 3.96. The standard InChI is InChI=1S/C25H32N4O5/c1-17(30)26-22(16-18-7-6-8-20(15-18)33-2)24(31)27-19-11-13-29(14-12-19)25(32)28-21-9-4-5-10-23(21)34-3/h4-10,15,19,22H,11-14,16H2,1-3H3,(H,26,30)(H,27,31)(H,28,32)/t22-/m1/s1. The lowest BCUT2D eigenvalue weighted by Gasteiger charge is -2.33. The van der Waals surface area contributed by atoms with Gasteiger partial charge in [0.15, 0.2) is 0 Å². The van der Waals surface area contributed by atoms with Crippen molar-refractivity contribution in [1.29, 1.82) is 0 Å². The number of amides is 4. The highest BCUT2D eigenvalue weighted by Gasteiger charge is 2.27. The zero-order valence-electron chi connectivity index (χ0n) is 19.8. The number of benzene rings is 2. The maximum absolute atomic E-state index is 13.0. The van der Waals surface area contributed by atoms with E-state index < -0.39 is 6.04 Å². The largest absolute Gasteiger partial charge is 0.497 e. The molecule has 1 aliphatic heterocycles. The zero-order valence-corrected chi connectivity index (χ0v) is 19.8. The molecular weight excluding hydrogens is 436 g/mol. The highest BCUT2D eigenvalue weighted by molar-refractivity contribution is 5.91. The molecule has 0 saturated carbocycles. The van der Waals surface area contributed by atoms with Gasteiger partial charge in [0.05, 0.1) is 19.9 Å². The van der Waals surface area contributed by atoms with Gasteiger partial charge in [-0.2, -0.15) is 0 Å². The van der Waals surface area contributed by atoms with E-state index in [4.69, 9.17) is 9.47 Å². The van der Waals surface area contributed by atoms with Crippen molar-refractivity contribution in [1.82, 2.24) is 15.5 Å². The summed E-state index contributed by atoms with van der Waals surface area (Å²) in [5.41, 5.74) is 1.50. The topological polar surface area (TPSA) is 109 Å². The first-order chi connectivity index (χ1) is 16.4. The Morgan fingerprint density at radius 1 is 1.03 bits per heavy atom. The highest BCUT2D eigenvalue weighted by Crippen LogP contribution is 2.24. The van der Waals surface area contributed by atoms with Gasteiger partial charge in [0.1, 0.15) is 17.5 Å². The number of nitrogens with zero attached hydrogens (tertiary/aromatic N) is 1. The average molecular weight is 469 g/mol. The van der Waals surface area contributed by atoms with Crippen LogP contribution in [0, 0.1) is 0 Å². The number of nitrogens with one attached hydrogen (secondary N) is 3. The van der Waals surface area contributed by atoms with Gasteiger partial charge in [-0.3, -0.25) is 9.59 Å². The number of carbonyl (C=O) groups excluding carboxylic acids is 3. The van der Waals surface area contributed by atoms with Gasteiger partial charge in [-0.15, -0.1) is 0 Å². The third-order valence-corrected chi connectivity index (χ3v) is 5.75. The molecule has 1 heterocycles. The third-order valence-electron chi connectivity index (χ3n) is 5.75. The van der Waals surface area contributed by atoms with Crippen LogP contribution < -0.4 is 25.4 Å². The van der Waals surface area contributed by atoms with Crippen molar-refractivity contribution in [2.24, 2.45) is 0 Å². The Kier molecular flexibility index (Phi) is 8.73. The predicted octanol–water partition coefficient (Wildman–Crippen LogP) is 2.56. The van der Waals surface area contributed by atoms with Gasteiger partial charge >= 0.3 is 6.03 Å². The van der Waals surface area contributed by atoms with E-state index in [-0.39, 0.29) is 23.9 Å². The first-order valence-electron chi connectivity index (χ1n) is 11.3. The van der Waals surface area contributed by atoms with E-state index in [1.165, 1.54) is 6.92 Å². The fraction of sp³-hybridized carbons (Fsp3) is 0.400. The van der Waals surface area contributed by atoms with Gasteiger partial charge in [0.2, 0.25) is 11.8 Å². The number of rotatable bonds is 8. The van der Waals surface area contributed by atoms with Crippen molar-refractivity contribution in [3.8, 4) is 11.5 Å². The van der Waals surface area contributed by atoms with Crippen LogP contribution in [0.15, 0.2) is 48.5 Å². The number of carbonyl (C=O) groups is 3. The van der Waals surface area contributed by atoms with E-state index in [1.54, 1.807) is 31.3 Å². The summed E-state index contributed by atoms with van der Waals surface area (Å²) >= 11 is 0. The summed E-state index contributed by atoms with van der Waals surface area (Å²) in [6, 6.07) is 13.7. The van der Waals surface area contributed by atoms with Gasteiger partial charge < -0.3 is 30.3 Å². The second kappa shape index (κ2) is 11.9. The molecule has 0 unspecified atom stereocenters. The van der Waals surface area contributed by atoms with Crippen LogP contribution in [0.25, 0.3) is 0 Å². The molecule has 0 aliphatic carbocycles. The monoisotopic (exact) mass is 468 g/mol. The summed E-state index contributed by atoms with van der Waals surface area (Å²) in [6.07, 6.45) is 1.59. The average Bonchev–Trinajstić information content (AvgIpc) is 2.84. The molecule has 4 amide bonds. The summed E-state index contributed by atoms with van der Waals surface area (Å²) in [6.45, 7) is 2.41. The highest BCUT2D eigenvalue weighted by atomic mass is 16.5. The SMILES string of the molecule is COc1cccc(C[C@@H](NC(C)=O)C(=O)NC2CCN(C(=O)Nc3ccccc3OC)CC2)c1. The molecule has 0 spiro atoms. The summed E-state index contributed by atoms with van der Waals surface area (Å²) in [4.78, 5) is 39.1. The minimum atomic E-state index is -0.698. The summed E-state index contributed by atoms with van der Waals surface area (Å²) in [5, 5.41) is 8.66. The lowest BCUT2D eigenvalue weighted by atomic mass is 10.0. The summed E-state index contributed by atoms with van der Waals surface area (Å²) < 4.78 is 10.5. The molecule has 3 rings (SSSR count). The van der Waals surface area contributed by atoms with Gasteiger partial charge in [0.25, 0.3) is 0 Å². The number of piperidine rings is 1. The van der Waals surface area contributed by atoms with E-state index >= 15 is 0 Å². The van der Waals surface area contributed by atoms with Crippen LogP contribution in [-0.4, -0.2) is 62.1 Å². The third kappa shape index (κ3) is 6.87. The number of hydrogen-bond donors (Lipinski definition) is 3. The molecule has 2 aromatic carbocycles. The molecule has 0 aromatic heterocycles. The van der Waals surface area contributed by atoms with Crippen LogP contribution in [0.4, 0.5) is 10.5 Å². The molecular formula is C25H32N4O5. The number of hydrogen-bond acceptors (Lipinski definition) is 5. The molecule has 9 nitrogen and oxygen atoms in total. The summed E-state index contributed by atoms with van der Waals surface area (Å²) in [5.74, 6) is 0.775. The molecule has 182 valence electrons. The Bertz CT molecular complexity index is 1000. The van der Waals surface area contributed by atoms with Gasteiger partial charge in [-0.25, -0.2) is 4.79 Å². The van der Waals surface area contributed by atoms with Crippen molar-refractivity contribution < 1.29 is 23.9 Å². The van der Waals surface area contributed by atoms with Crippen molar-refractivity contribution in [3.63, 3.8) is 0 Å². The van der Waals surface area contributed by atoms with E-state index in [1.807, 2.05) is 36.4 Å². The lowest BCUT2D eigenvalue weighted by molar-refractivity contribution is -0.128. The van der Waals surface area contributed by atoms with E-state index in [2.05, 4.69) is 16.0 Å². The number of para-hydroxylation sites is 2. The van der Waals surface area contributed by atoms with Crippen LogP contribution in [0.5, 0.6) is 11.5 Å². The Morgan fingerprint density at radius 3 is 2.44 bits per heavy atom. The molecule has 1 atom stereocenters. The smallest absolute Gasteiger partial charge is 0.321 e. The van der Waals surface area contributed by atoms with E-state index in [0.717, 1.165) is 5.56 Å². The minimum absolute atomic E-state index is 0.0793. The van der Waals surface area contributed by atoms with Crippen LogP contribution in [-0.2, 0) is 16.0 Å². The predicted molar refractivity (Wildman–Crippen MR) is 129 cm³/mol. The molecule has 0 bridgehead atoms. The van der Waals surface area contributed by atoms with Crippen LogP contribution in [0.3, 0.4) is 0 Å². The number of likely N-dealkylation sites (tertiary alicyclic amines) is 1. The second-order valence-electron chi connectivity index (χ2n) is 8.21. The van der Waals surface area contributed by atoms with Crippen molar-refractivity contribution in [2.45, 2.75) is 38.3 Å². The number of urea groups is 1. The molecule has 2 aromatic rings. The first kappa shape index (κ1) is 24.9. The Morgan fingerprint density at radius 2 is 1.76 bits per heavy atom. The maximum atomic E-state index is 13.0. The van der Waals surface area contributed by atoms with Crippen LogP contribution >= 0.6 is 0 Å². The number of ether oxygens (including phenoxy) is 2. The number of methoxy groups -OCH3 is 2. The molecule has 34 heavy (non-hydrogen) atoms. The van der Waals surface area contributed by atoms with Crippen LogP contribution in [0.1, 0.15) is 25.3 Å². The summed E-state index contributed by atoms with van der Waals surface area (Å²) in [7, 11) is 3.14. The van der Waals surface area contributed by atoms with Crippen LogP contribution in [0.2, 0.25) is 0 Å². The normalized spacial score (nSPS) is 14.6. The molecule has 0 radical (unpaired) electrons. The minimum Gasteiger partial charge on any atom is -0.497 e. The van der Waals surface area contributed by atoms with Gasteiger partial charge in [-0.05, 0) is 42.7 Å². The molecule has 1 fully saturated rings. The maximum Gasteiger partial charge on any atom is 0.321 e. The quantitative estimate of drug-likeness (QED) is 0.552. The lowest BCUT2D eigenvalue weighted by Crippen LogP contribution is -2.53. The van der Waals surface area contributed by atoms with E-state index in [9.17, 15) is 14.4 Å². The zero-order chi connectivity index (χ0) is 24.5. The second-order valence-corrected chi connectivity index (χ2v) is 8.21. The molecule has 1 aliphatic rings. The van der Waals surface area contributed by atoms with Gasteiger partial charge in [-0.1, -0.05) is 24.3 Å². The molecule has 9 heteroatoms. The van der Waals surface area contributed by atoms with Crippen molar-refractivity contribution in [2.75, 3.05) is 32.6 Å². The Labute approximate surface area is 199 Å². The number of anilines is 1. The van der Waals surface area contributed by atoms with Gasteiger partial charge in [0, 0.05) is 32.5 Å². The van der Waals surface area contributed by atoms with Crippen molar-refractivity contribution in [3.05, 3.63) is 54.1 Å². The Hall–Kier alpha value is -3.75. The Balaban J connectivity index is 1.54. The molecule has 3 N–H and O–H groups in total. The van der Waals surface area contributed by atoms with E-state index in [0.29, 0.717) is 49.5 Å². The molecule has 1 saturated heterocycles. The fourth-order valence-electron chi connectivity index (χ4n) is 3.96. The first-order valence-corrected chi connectivity index (χ1v) is 11.3.